The summed E-state index contributed by atoms with van der Waals surface area (Å²) in [4.78, 5) is 0. The summed E-state index contributed by atoms with van der Waals surface area (Å²) in [7, 11) is 0.0143. The maximum Gasteiger partial charge on any atom is 0.488 e. The molecule has 0 aliphatic heterocycles. The van der Waals surface area contributed by atoms with Gasteiger partial charge in [0.15, 0.2) is 0 Å². The van der Waals surface area contributed by atoms with Gasteiger partial charge < -0.3 is 14.8 Å². The third kappa shape index (κ3) is 2.45. The largest absolute Gasteiger partial charge is 0.488 e. The molecule has 0 saturated heterocycles. The number of benzene rings is 1. The zero-order valence-corrected chi connectivity index (χ0v) is 7.95. The first-order valence-corrected chi connectivity index (χ1v) is 4.17. The number of hydrogen-bond acceptors (Lipinski definition) is 3. The van der Waals surface area contributed by atoms with Crippen LogP contribution in [0.4, 0.5) is 0 Å². The van der Waals surface area contributed by atoms with Crippen molar-refractivity contribution in [3.8, 4) is 0 Å². The lowest BCUT2D eigenvalue weighted by molar-refractivity contribution is 0.185. The average Bonchev–Trinajstić information content (AvgIpc) is 2.08. The van der Waals surface area contributed by atoms with E-state index in [1.807, 2.05) is 0 Å². The summed E-state index contributed by atoms with van der Waals surface area (Å²) < 4.78 is 4.89. The summed E-state index contributed by atoms with van der Waals surface area (Å²) in [6, 6.07) is 4.95. The average molecular weight is 200 g/mol. The van der Waals surface area contributed by atoms with Crippen molar-refractivity contribution in [3.63, 3.8) is 0 Å². The molecule has 0 atom stereocenters. The predicted molar refractivity (Wildman–Crippen MR) is 52.0 cm³/mol. The van der Waals surface area contributed by atoms with Gasteiger partial charge >= 0.3 is 7.12 Å². The minimum Gasteiger partial charge on any atom is -0.423 e. The minimum atomic E-state index is -1.51. The zero-order chi connectivity index (χ0) is 9.84. The van der Waals surface area contributed by atoms with Crippen molar-refractivity contribution in [1.29, 1.82) is 0 Å². The second-order valence-corrected chi connectivity index (χ2v) is 3.02. The number of rotatable bonds is 3. The van der Waals surface area contributed by atoms with Crippen LogP contribution in [0.5, 0.6) is 0 Å². The lowest BCUT2D eigenvalue weighted by atomic mass is 9.77. The molecule has 0 bridgehead atoms. The van der Waals surface area contributed by atoms with E-state index >= 15 is 0 Å². The first kappa shape index (κ1) is 10.5. The van der Waals surface area contributed by atoms with Crippen LogP contribution in [0.2, 0.25) is 5.02 Å². The number of methoxy groups -OCH3 is 1. The van der Waals surface area contributed by atoms with Crippen molar-refractivity contribution >= 4 is 24.2 Å². The van der Waals surface area contributed by atoms with Crippen LogP contribution in [0.1, 0.15) is 5.56 Å². The van der Waals surface area contributed by atoms with Crippen LogP contribution < -0.4 is 5.46 Å². The number of ether oxygens (including phenoxy) is 1. The highest BCUT2D eigenvalue weighted by Crippen LogP contribution is 2.14. The second-order valence-electron chi connectivity index (χ2n) is 2.61. The molecular formula is C8H10BClO3. The van der Waals surface area contributed by atoms with Gasteiger partial charge in [-0.1, -0.05) is 23.7 Å². The molecule has 1 aromatic carbocycles. The molecule has 0 aliphatic rings. The van der Waals surface area contributed by atoms with Crippen molar-refractivity contribution in [3.05, 3.63) is 28.8 Å². The third-order valence-electron chi connectivity index (χ3n) is 1.72. The summed E-state index contributed by atoms with van der Waals surface area (Å²) >= 11 is 5.85. The van der Waals surface area contributed by atoms with Gasteiger partial charge in [0.1, 0.15) is 0 Å². The van der Waals surface area contributed by atoms with Crippen LogP contribution in [0, 0.1) is 0 Å². The molecule has 5 heteroatoms. The van der Waals surface area contributed by atoms with E-state index in [9.17, 15) is 0 Å². The van der Waals surface area contributed by atoms with Crippen molar-refractivity contribution in [2.24, 2.45) is 0 Å². The van der Waals surface area contributed by atoms with Gasteiger partial charge in [-0.2, -0.15) is 0 Å². The molecule has 70 valence electrons. The molecular weight excluding hydrogens is 190 g/mol. The van der Waals surface area contributed by atoms with Crippen LogP contribution in [0.15, 0.2) is 18.2 Å². The molecule has 0 aromatic heterocycles. The molecule has 1 rings (SSSR count). The molecule has 0 spiro atoms. The molecule has 0 heterocycles. The maximum absolute atomic E-state index is 9.00. The van der Waals surface area contributed by atoms with Crippen LogP contribution in [0.3, 0.4) is 0 Å². The topological polar surface area (TPSA) is 49.7 Å². The van der Waals surface area contributed by atoms with Gasteiger partial charge in [0.25, 0.3) is 0 Å². The minimum absolute atomic E-state index is 0.270. The fourth-order valence-corrected chi connectivity index (χ4v) is 1.35. The Morgan fingerprint density at radius 3 is 2.69 bits per heavy atom. The van der Waals surface area contributed by atoms with Crippen LogP contribution in [-0.2, 0) is 11.3 Å². The van der Waals surface area contributed by atoms with Crippen LogP contribution in [-0.4, -0.2) is 24.3 Å². The molecule has 0 unspecified atom stereocenters. The van der Waals surface area contributed by atoms with E-state index in [0.717, 1.165) is 0 Å². The molecule has 13 heavy (non-hydrogen) atoms. The summed E-state index contributed by atoms with van der Waals surface area (Å²) in [5.41, 5.74) is 0.996. The Balaban J connectivity index is 3.09. The van der Waals surface area contributed by atoms with Crippen molar-refractivity contribution < 1.29 is 14.8 Å². The van der Waals surface area contributed by atoms with Crippen LogP contribution in [0.25, 0.3) is 0 Å². The molecule has 3 nitrogen and oxygen atoms in total. The van der Waals surface area contributed by atoms with Gasteiger partial charge in [0, 0.05) is 12.1 Å². The van der Waals surface area contributed by atoms with E-state index in [1.165, 1.54) is 7.11 Å². The quantitative estimate of drug-likeness (QED) is 0.684. The highest BCUT2D eigenvalue weighted by atomic mass is 35.5. The van der Waals surface area contributed by atoms with E-state index < -0.39 is 7.12 Å². The first-order valence-electron chi connectivity index (χ1n) is 3.79. The smallest absolute Gasteiger partial charge is 0.423 e. The molecule has 2 N–H and O–H groups in total. The van der Waals surface area contributed by atoms with E-state index in [4.69, 9.17) is 26.4 Å². The van der Waals surface area contributed by atoms with Crippen molar-refractivity contribution in [2.45, 2.75) is 6.61 Å². The van der Waals surface area contributed by atoms with Gasteiger partial charge in [-0.15, -0.1) is 0 Å². The normalized spacial score (nSPS) is 10.2. The Hall–Kier alpha value is -0.545. The molecule has 0 fully saturated rings. The summed E-state index contributed by atoms with van der Waals surface area (Å²) in [5, 5.41) is 18.5. The monoisotopic (exact) mass is 200 g/mol. The molecule has 0 amide bonds. The Morgan fingerprint density at radius 2 is 2.15 bits per heavy atom. The highest BCUT2D eigenvalue weighted by molar-refractivity contribution is 6.59. The summed E-state index contributed by atoms with van der Waals surface area (Å²) in [5.74, 6) is 0. The van der Waals surface area contributed by atoms with Gasteiger partial charge in [-0.25, -0.2) is 0 Å². The van der Waals surface area contributed by atoms with E-state index in [1.54, 1.807) is 18.2 Å². The predicted octanol–water partition coefficient (Wildman–Crippen LogP) is 0.166. The fourth-order valence-electron chi connectivity index (χ4n) is 1.11. The third-order valence-corrected chi connectivity index (χ3v) is 2.08. The standard InChI is InChI=1S/C8H10BClO3/c1-13-5-6-7(9(11)12)3-2-4-8(6)10/h2-4,11-12H,5H2,1H3. The Kier molecular flexibility index (Phi) is 3.75. The molecule has 1 aromatic rings. The lowest BCUT2D eigenvalue weighted by Gasteiger charge is -2.09. The Bertz CT molecular complexity index is 291. The fraction of sp³-hybridized carbons (Fsp3) is 0.250. The maximum atomic E-state index is 9.00. The van der Waals surface area contributed by atoms with E-state index in [-0.39, 0.29) is 6.61 Å². The highest BCUT2D eigenvalue weighted by Gasteiger charge is 2.17. The van der Waals surface area contributed by atoms with Crippen molar-refractivity contribution in [2.75, 3.05) is 7.11 Å². The van der Waals surface area contributed by atoms with Gasteiger partial charge in [0.05, 0.1) is 6.61 Å². The molecule has 0 saturated carbocycles. The van der Waals surface area contributed by atoms with Crippen LogP contribution >= 0.6 is 11.6 Å². The Labute approximate surface area is 82.1 Å². The first-order chi connectivity index (χ1) is 6.16. The van der Waals surface area contributed by atoms with Gasteiger partial charge in [-0.05, 0) is 17.1 Å². The second kappa shape index (κ2) is 4.62. The number of halogens is 1. The summed E-state index contributed by atoms with van der Waals surface area (Å²) in [6.45, 7) is 0.270. The zero-order valence-electron chi connectivity index (χ0n) is 7.20. The SMILES string of the molecule is COCc1c(Cl)cccc1B(O)O. The van der Waals surface area contributed by atoms with Gasteiger partial charge in [-0.3, -0.25) is 0 Å². The Morgan fingerprint density at radius 1 is 1.46 bits per heavy atom. The van der Waals surface area contributed by atoms with E-state index in [2.05, 4.69) is 0 Å². The number of hydrogen-bond donors (Lipinski definition) is 2. The summed E-state index contributed by atoms with van der Waals surface area (Å²) in [6.07, 6.45) is 0. The molecule has 0 radical (unpaired) electrons. The van der Waals surface area contributed by atoms with E-state index in [0.29, 0.717) is 16.0 Å². The lowest BCUT2D eigenvalue weighted by Crippen LogP contribution is -2.33. The molecule has 0 aliphatic carbocycles. The van der Waals surface area contributed by atoms with Crippen molar-refractivity contribution in [1.82, 2.24) is 0 Å². The van der Waals surface area contributed by atoms with Gasteiger partial charge in [0.2, 0.25) is 0 Å².